The SMILES string of the molecule is CC1=C(CCC2C=Cc3ccccc32)C2=Cc3nc(Br)ccc3C(C)C2=C1. The van der Waals surface area contributed by atoms with Crippen molar-refractivity contribution in [2.75, 3.05) is 0 Å². The fourth-order valence-electron chi connectivity index (χ4n) is 4.77. The van der Waals surface area contributed by atoms with E-state index in [0.29, 0.717) is 11.8 Å². The first kappa shape index (κ1) is 16.9. The topological polar surface area (TPSA) is 12.9 Å². The third kappa shape index (κ3) is 2.78. The highest BCUT2D eigenvalue weighted by atomic mass is 79.9. The van der Waals surface area contributed by atoms with Crippen LogP contribution in [0.4, 0.5) is 0 Å². The Labute approximate surface area is 169 Å². The number of hydrogen-bond donors (Lipinski definition) is 0. The van der Waals surface area contributed by atoms with Gasteiger partial charge >= 0.3 is 0 Å². The highest BCUT2D eigenvalue weighted by Crippen LogP contribution is 2.47. The van der Waals surface area contributed by atoms with Gasteiger partial charge in [-0.3, -0.25) is 0 Å². The summed E-state index contributed by atoms with van der Waals surface area (Å²) in [5, 5.41) is 0. The predicted octanol–water partition coefficient (Wildman–Crippen LogP) is 7.19. The van der Waals surface area contributed by atoms with Gasteiger partial charge in [0.15, 0.2) is 0 Å². The van der Waals surface area contributed by atoms with Crippen LogP contribution in [0.5, 0.6) is 0 Å². The highest BCUT2D eigenvalue weighted by molar-refractivity contribution is 9.10. The van der Waals surface area contributed by atoms with Gasteiger partial charge in [-0.15, -0.1) is 0 Å². The molecule has 2 heteroatoms. The Morgan fingerprint density at radius 1 is 1.04 bits per heavy atom. The Balaban J connectivity index is 1.43. The number of fused-ring (bicyclic) bond motifs is 3. The minimum atomic E-state index is 0.403. The average molecular weight is 416 g/mol. The molecule has 2 aromatic rings. The average Bonchev–Trinajstić information content (AvgIpc) is 3.21. The molecular weight excluding hydrogens is 394 g/mol. The van der Waals surface area contributed by atoms with Crippen LogP contribution in [0.15, 0.2) is 75.4 Å². The summed E-state index contributed by atoms with van der Waals surface area (Å²) in [6, 6.07) is 13.0. The third-order valence-corrected chi connectivity index (χ3v) is 6.67. The van der Waals surface area contributed by atoms with E-state index in [4.69, 9.17) is 4.98 Å². The van der Waals surface area contributed by atoms with Crippen LogP contribution in [0.1, 0.15) is 60.9 Å². The van der Waals surface area contributed by atoms with Crippen LogP contribution in [-0.4, -0.2) is 4.98 Å². The molecule has 134 valence electrons. The lowest BCUT2D eigenvalue weighted by molar-refractivity contribution is 0.740. The third-order valence-electron chi connectivity index (χ3n) is 6.23. The van der Waals surface area contributed by atoms with Gasteiger partial charge in [0.1, 0.15) is 4.60 Å². The van der Waals surface area contributed by atoms with Crippen molar-refractivity contribution >= 4 is 28.1 Å². The number of allylic oxidation sites excluding steroid dienone is 6. The molecule has 1 aromatic carbocycles. The molecule has 0 bridgehead atoms. The monoisotopic (exact) mass is 415 g/mol. The maximum Gasteiger partial charge on any atom is 0.106 e. The van der Waals surface area contributed by atoms with Crippen LogP contribution < -0.4 is 0 Å². The Hall–Kier alpha value is -2.19. The molecule has 0 aliphatic heterocycles. The van der Waals surface area contributed by atoms with Crippen molar-refractivity contribution in [3.63, 3.8) is 0 Å². The highest BCUT2D eigenvalue weighted by Gasteiger charge is 2.30. The number of hydrogen-bond acceptors (Lipinski definition) is 1. The number of aromatic nitrogens is 1. The second-order valence-electron chi connectivity index (χ2n) is 7.78. The van der Waals surface area contributed by atoms with Crippen molar-refractivity contribution in [2.45, 2.75) is 38.5 Å². The minimum Gasteiger partial charge on any atom is -0.241 e. The molecule has 27 heavy (non-hydrogen) atoms. The predicted molar refractivity (Wildman–Crippen MR) is 117 cm³/mol. The fraction of sp³-hybridized carbons (Fsp3) is 0.240. The van der Waals surface area contributed by atoms with Crippen LogP contribution >= 0.6 is 15.9 Å². The molecule has 0 fully saturated rings. The summed E-state index contributed by atoms with van der Waals surface area (Å²) in [6.45, 7) is 4.57. The summed E-state index contributed by atoms with van der Waals surface area (Å²) in [7, 11) is 0. The van der Waals surface area contributed by atoms with Crippen molar-refractivity contribution in [1.29, 1.82) is 0 Å². The molecule has 0 saturated heterocycles. The molecule has 0 spiro atoms. The zero-order valence-corrected chi connectivity index (χ0v) is 17.3. The molecule has 5 rings (SSSR count). The lowest BCUT2D eigenvalue weighted by Crippen LogP contribution is -2.09. The molecule has 3 aliphatic carbocycles. The molecule has 0 N–H and O–H groups in total. The summed E-state index contributed by atoms with van der Waals surface area (Å²) in [5.41, 5.74) is 11.1. The summed E-state index contributed by atoms with van der Waals surface area (Å²) in [4.78, 5) is 4.73. The first-order valence-electron chi connectivity index (χ1n) is 9.69. The molecule has 1 nitrogen and oxygen atoms in total. The van der Waals surface area contributed by atoms with Gasteiger partial charge < -0.3 is 0 Å². The zero-order valence-electron chi connectivity index (χ0n) is 15.7. The maximum absolute atomic E-state index is 4.73. The van der Waals surface area contributed by atoms with Gasteiger partial charge in [-0.1, -0.05) is 55.5 Å². The zero-order chi connectivity index (χ0) is 18.5. The van der Waals surface area contributed by atoms with Crippen LogP contribution in [0, 0.1) is 0 Å². The Morgan fingerprint density at radius 3 is 2.78 bits per heavy atom. The molecular formula is C25H22BrN. The Bertz CT molecular complexity index is 1070. The molecule has 0 amide bonds. The van der Waals surface area contributed by atoms with Crippen LogP contribution in [0.3, 0.4) is 0 Å². The summed E-state index contributed by atoms with van der Waals surface area (Å²) < 4.78 is 0.908. The van der Waals surface area contributed by atoms with E-state index in [9.17, 15) is 0 Å². The van der Waals surface area contributed by atoms with Gasteiger partial charge in [0.05, 0.1) is 5.69 Å². The van der Waals surface area contributed by atoms with E-state index in [1.165, 1.54) is 39.0 Å². The first-order chi connectivity index (χ1) is 13.1. The maximum atomic E-state index is 4.73. The number of halogens is 1. The number of benzene rings is 1. The van der Waals surface area contributed by atoms with Crippen LogP contribution in [0.2, 0.25) is 0 Å². The molecule has 0 saturated carbocycles. The summed E-state index contributed by atoms with van der Waals surface area (Å²) >= 11 is 3.53. The van der Waals surface area contributed by atoms with Crippen molar-refractivity contribution < 1.29 is 0 Å². The van der Waals surface area contributed by atoms with E-state index in [1.807, 2.05) is 0 Å². The smallest absolute Gasteiger partial charge is 0.106 e. The van der Waals surface area contributed by atoms with Gasteiger partial charge in [-0.25, -0.2) is 4.98 Å². The van der Waals surface area contributed by atoms with E-state index in [2.05, 4.69) is 90.5 Å². The van der Waals surface area contributed by atoms with Gasteiger partial charge in [0, 0.05) is 11.8 Å². The van der Waals surface area contributed by atoms with Gasteiger partial charge in [0.25, 0.3) is 0 Å². The van der Waals surface area contributed by atoms with E-state index in [0.717, 1.165) is 23.1 Å². The van der Waals surface area contributed by atoms with Crippen molar-refractivity contribution in [3.8, 4) is 0 Å². The van der Waals surface area contributed by atoms with Crippen molar-refractivity contribution in [1.82, 2.24) is 4.98 Å². The second-order valence-corrected chi connectivity index (χ2v) is 8.60. The van der Waals surface area contributed by atoms with Gasteiger partial charge in [0.2, 0.25) is 0 Å². The molecule has 2 unspecified atom stereocenters. The van der Waals surface area contributed by atoms with Crippen molar-refractivity contribution in [2.24, 2.45) is 0 Å². The summed E-state index contributed by atoms with van der Waals surface area (Å²) in [5.74, 6) is 0.937. The second kappa shape index (κ2) is 6.45. The van der Waals surface area contributed by atoms with Crippen LogP contribution in [0.25, 0.3) is 12.2 Å². The quantitative estimate of drug-likeness (QED) is 0.483. The number of rotatable bonds is 3. The van der Waals surface area contributed by atoms with Crippen molar-refractivity contribution in [3.05, 3.63) is 97.8 Å². The Morgan fingerprint density at radius 2 is 1.89 bits per heavy atom. The van der Waals surface area contributed by atoms with Crippen LogP contribution in [-0.2, 0) is 0 Å². The normalized spacial score (nSPS) is 22.3. The largest absolute Gasteiger partial charge is 0.241 e. The first-order valence-corrected chi connectivity index (χ1v) is 10.5. The lowest BCUT2D eigenvalue weighted by Gasteiger charge is -2.25. The molecule has 2 atom stereocenters. The standard InChI is InChI=1S/C25H22BrN/c1-15-13-22-16(2)20-11-12-25(26)27-24(20)14-23(22)19(15)10-9-18-8-7-17-5-3-4-6-21(17)18/h3-8,11-14,16,18H,9-10H2,1-2H3. The van der Waals surface area contributed by atoms with Gasteiger partial charge in [-0.2, -0.15) is 0 Å². The van der Waals surface area contributed by atoms with E-state index >= 15 is 0 Å². The fourth-order valence-corrected chi connectivity index (χ4v) is 5.09. The molecule has 0 radical (unpaired) electrons. The lowest BCUT2D eigenvalue weighted by atomic mass is 9.80. The molecule has 1 aromatic heterocycles. The molecule has 1 heterocycles. The van der Waals surface area contributed by atoms with E-state index in [1.54, 1.807) is 0 Å². The minimum absolute atomic E-state index is 0.403. The number of pyridine rings is 1. The number of nitrogens with zero attached hydrogens (tertiary/aromatic N) is 1. The van der Waals surface area contributed by atoms with Gasteiger partial charge in [-0.05, 0) is 86.8 Å². The van der Waals surface area contributed by atoms with E-state index < -0.39 is 0 Å². The van der Waals surface area contributed by atoms with E-state index in [-0.39, 0.29) is 0 Å². The Kier molecular flexibility index (Phi) is 4.05. The molecule has 3 aliphatic rings. The summed E-state index contributed by atoms with van der Waals surface area (Å²) in [6.07, 6.45) is 11.6.